The number of hydrogen-bond donors (Lipinski definition) is 3. The van der Waals surface area contributed by atoms with Crippen LogP contribution in [0.15, 0.2) is 10.2 Å². The van der Waals surface area contributed by atoms with Crippen molar-refractivity contribution >= 4 is 11.5 Å². The van der Waals surface area contributed by atoms with Crippen LogP contribution in [0.25, 0.3) is 0 Å². The number of rotatable bonds is 4. The maximum absolute atomic E-state index is 7.64. The van der Waals surface area contributed by atoms with Crippen LogP contribution >= 0.6 is 0 Å². The maximum atomic E-state index is 7.64. The second-order valence-electron chi connectivity index (χ2n) is 4.57. The van der Waals surface area contributed by atoms with Gasteiger partial charge in [-0.3, -0.25) is 5.41 Å². The fourth-order valence-electron chi connectivity index (χ4n) is 0.681. The van der Waals surface area contributed by atoms with Crippen LogP contribution in [0.1, 0.15) is 34.6 Å². The summed E-state index contributed by atoms with van der Waals surface area (Å²) < 4.78 is 0. The second-order valence-corrected chi connectivity index (χ2v) is 4.57. The summed E-state index contributed by atoms with van der Waals surface area (Å²) in [7, 11) is 1.69. The van der Waals surface area contributed by atoms with E-state index in [-0.39, 0.29) is 0 Å². The first kappa shape index (κ1) is 13.7. The van der Waals surface area contributed by atoms with E-state index in [0.717, 1.165) is 0 Å². The van der Waals surface area contributed by atoms with Crippen molar-refractivity contribution in [2.24, 2.45) is 10.2 Å². The minimum absolute atomic E-state index is 0.310. The molecule has 3 N–H and O–H groups in total. The lowest BCUT2D eigenvalue weighted by atomic mass is 10.0. The monoisotopic (exact) mass is 211 g/mol. The number of hydrogen-bond acceptors (Lipinski definition) is 4. The summed E-state index contributed by atoms with van der Waals surface area (Å²) in [5.74, 6) is 0.310. The van der Waals surface area contributed by atoms with Gasteiger partial charge in [-0.05, 0) is 34.6 Å². The minimum Gasteiger partial charge on any atom is -0.375 e. The first-order chi connectivity index (χ1) is 6.63. The highest BCUT2D eigenvalue weighted by Crippen LogP contribution is 2.16. The standard InChI is InChI=1S/C10H21N5/c1-7(11)9(2,3)14-15-10(4,5)8(12)13-6/h11H,1-6H3,(H2,12,13). The Morgan fingerprint density at radius 2 is 1.40 bits per heavy atom. The molecule has 5 nitrogen and oxygen atoms in total. The van der Waals surface area contributed by atoms with Crippen molar-refractivity contribution in [2.75, 3.05) is 7.05 Å². The van der Waals surface area contributed by atoms with Crippen LogP contribution in [-0.4, -0.2) is 29.7 Å². The van der Waals surface area contributed by atoms with E-state index in [1.54, 1.807) is 14.0 Å². The predicted octanol–water partition coefficient (Wildman–Crippen LogP) is 2.23. The van der Waals surface area contributed by atoms with Gasteiger partial charge in [0.25, 0.3) is 0 Å². The summed E-state index contributed by atoms with van der Waals surface area (Å²) in [6.07, 6.45) is 0. The third kappa shape index (κ3) is 3.77. The molecule has 0 aromatic heterocycles. The average molecular weight is 211 g/mol. The zero-order chi connectivity index (χ0) is 12.3. The first-order valence-electron chi connectivity index (χ1n) is 4.90. The van der Waals surface area contributed by atoms with Crippen molar-refractivity contribution in [3.8, 4) is 0 Å². The Labute approximate surface area is 91.4 Å². The Hall–Kier alpha value is -1.26. The quantitative estimate of drug-likeness (QED) is 0.372. The molecule has 0 aliphatic carbocycles. The third-order valence-electron chi connectivity index (χ3n) is 2.33. The molecule has 5 heteroatoms. The zero-order valence-corrected chi connectivity index (χ0v) is 10.4. The van der Waals surface area contributed by atoms with Crippen molar-refractivity contribution in [3.63, 3.8) is 0 Å². The predicted molar refractivity (Wildman–Crippen MR) is 63.2 cm³/mol. The number of nitrogens with one attached hydrogen (secondary N) is 3. The van der Waals surface area contributed by atoms with Crippen LogP contribution < -0.4 is 5.32 Å². The Balaban J connectivity index is 4.80. The molecule has 0 aliphatic heterocycles. The summed E-state index contributed by atoms with van der Waals surface area (Å²) in [4.78, 5) is 0. The normalized spacial score (nSPS) is 12.9. The number of nitrogens with zero attached hydrogens (tertiary/aromatic N) is 2. The largest absolute Gasteiger partial charge is 0.375 e. The summed E-state index contributed by atoms with van der Waals surface area (Å²) in [5.41, 5.74) is -0.801. The minimum atomic E-state index is -0.665. The molecule has 0 unspecified atom stereocenters. The summed E-state index contributed by atoms with van der Waals surface area (Å²) >= 11 is 0. The summed E-state index contributed by atoms with van der Waals surface area (Å²) in [6, 6.07) is 0. The van der Waals surface area contributed by atoms with E-state index in [1.165, 1.54) is 0 Å². The van der Waals surface area contributed by atoms with Crippen molar-refractivity contribution in [3.05, 3.63) is 0 Å². The fraction of sp³-hybridized carbons (Fsp3) is 0.800. The molecule has 0 amide bonds. The van der Waals surface area contributed by atoms with Crippen LogP contribution in [0.2, 0.25) is 0 Å². The molecule has 0 rings (SSSR count). The van der Waals surface area contributed by atoms with Gasteiger partial charge in [0.1, 0.15) is 16.9 Å². The lowest BCUT2D eigenvalue weighted by Crippen LogP contribution is -2.38. The molecule has 0 saturated heterocycles. The van der Waals surface area contributed by atoms with Crippen molar-refractivity contribution in [1.29, 1.82) is 10.8 Å². The number of likely N-dealkylation sites (N-methyl/N-ethyl adjacent to an activating group) is 1. The average Bonchev–Trinajstić information content (AvgIpc) is 2.13. The van der Waals surface area contributed by atoms with Gasteiger partial charge in [-0.2, -0.15) is 10.2 Å². The maximum Gasteiger partial charge on any atom is 0.132 e. The molecule has 0 aromatic rings. The van der Waals surface area contributed by atoms with Crippen LogP contribution in [0, 0.1) is 10.8 Å². The van der Waals surface area contributed by atoms with E-state index in [1.807, 2.05) is 27.7 Å². The number of amidine groups is 1. The molecule has 0 spiro atoms. The van der Waals surface area contributed by atoms with Crippen LogP contribution in [-0.2, 0) is 0 Å². The first-order valence-corrected chi connectivity index (χ1v) is 4.90. The van der Waals surface area contributed by atoms with Crippen molar-refractivity contribution in [2.45, 2.75) is 45.7 Å². The molecule has 0 aromatic carbocycles. The van der Waals surface area contributed by atoms with E-state index in [2.05, 4.69) is 15.5 Å². The Bertz CT molecular complexity index is 288. The highest BCUT2D eigenvalue weighted by atomic mass is 15.2. The van der Waals surface area contributed by atoms with Crippen LogP contribution in [0.3, 0.4) is 0 Å². The third-order valence-corrected chi connectivity index (χ3v) is 2.33. The van der Waals surface area contributed by atoms with Gasteiger partial charge in [0, 0.05) is 12.8 Å². The second kappa shape index (κ2) is 4.51. The highest BCUT2D eigenvalue weighted by Gasteiger charge is 2.25. The van der Waals surface area contributed by atoms with E-state index < -0.39 is 11.1 Å². The Morgan fingerprint density at radius 1 is 1.00 bits per heavy atom. The molecule has 0 saturated carbocycles. The topological polar surface area (TPSA) is 84.5 Å². The van der Waals surface area contributed by atoms with E-state index in [0.29, 0.717) is 11.5 Å². The summed E-state index contributed by atoms with van der Waals surface area (Å²) in [5, 5.41) is 26.2. The smallest absolute Gasteiger partial charge is 0.132 e. The Kier molecular flexibility index (Phi) is 4.13. The van der Waals surface area contributed by atoms with Gasteiger partial charge in [0.2, 0.25) is 0 Å². The van der Waals surface area contributed by atoms with Gasteiger partial charge in [0.15, 0.2) is 0 Å². The Morgan fingerprint density at radius 3 is 1.73 bits per heavy atom. The molecule has 0 atom stereocenters. The molecular formula is C10H21N5. The van der Waals surface area contributed by atoms with Gasteiger partial charge in [0.05, 0.1) is 0 Å². The van der Waals surface area contributed by atoms with Crippen molar-refractivity contribution in [1.82, 2.24) is 5.32 Å². The van der Waals surface area contributed by atoms with Gasteiger partial charge < -0.3 is 10.7 Å². The molecular weight excluding hydrogens is 190 g/mol. The van der Waals surface area contributed by atoms with Crippen LogP contribution in [0.5, 0.6) is 0 Å². The molecule has 0 aliphatic rings. The lowest BCUT2D eigenvalue weighted by Gasteiger charge is -2.22. The van der Waals surface area contributed by atoms with E-state index in [9.17, 15) is 0 Å². The highest BCUT2D eigenvalue weighted by molar-refractivity contribution is 5.89. The van der Waals surface area contributed by atoms with E-state index >= 15 is 0 Å². The molecule has 86 valence electrons. The SMILES string of the molecule is CNC(=N)C(C)(C)N=NC(C)(C)C(C)=N. The van der Waals surface area contributed by atoms with Gasteiger partial charge >= 0.3 is 0 Å². The zero-order valence-electron chi connectivity index (χ0n) is 10.4. The lowest BCUT2D eigenvalue weighted by molar-refractivity contribution is 0.553. The van der Waals surface area contributed by atoms with Gasteiger partial charge in [-0.25, -0.2) is 0 Å². The van der Waals surface area contributed by atoms with Gasteiger partial charge in [-0.1, -0.05) is 0 Å². The van der Waals surface area contributed by atoms with Crippen LogP contribution in [0.4, 0.5) is 0 Å². The molecule has 0 radical (unpaired) electrons. The van der Waals surface area contributed by atoms with Crippen molar-refractivity contribution < 1.29 is 0 Å². The van der Waals surface area contributed by atoms with E-state index in [4.69, 9.17) is 10.8 Å². The summed E-state index contributed by atoms with van der Waals surface area (Å²) in [6.45, 7) is 8.99. The molecule has 0 bridgehead atoms. The number of azo groups is 1. The van der Waals surface area contributed by atoms with Gasteiger partial charge in [-0.15, -0.1) is 0 Å². The molecule has 0 fully saturated rings. The fourth-order valence-corrected chi connectivity index (χ4v) is 0.681. The molecule has 15 heavy (non-hydrogen) atoms. The molecule has 0 heterocycles.